The van der Waals surface area contributed by atoms with Gasteiger partial charge in [-0.15, -0.1) is 0 Å². The van der Waals surface area contributed by atoms with Gasteiger partial charge in [0.15, 0.2) is 0 Å². The van der Waals surface area contributed by atoms with Crippen LogP contribution in [0.15, 0.2) is 58.1 Å². The van der Waals surface area contributed by atoms with Crippen molar-refractivity contribution in [1.82, 2.24) is 9.91 Å². The molecule has 6 heteroatoms. The lowest BCUT2D eigenvalue weighted by Gasteiger charge is -2.24. The topological polar surface area (TPSA) is 45.1 Å². The minimum Gasteiger partial charge on any atom is -0.497 e. The fourth-order valence-corrected chi connectivity index (χ4v) is 4.11. The number of likely N-dealkylation sites (tertiary alicyclic amines) is 1. The number of halogens is 1. The Bertz CT molecular complexity index is 858. The van der Waals surface area contributed by atoms with Crippen LogP contribution < -0.4 is 4.74 Å². The Morgan fingerprint density at radius 3 is 2.43 bits per heavy atom. The molecule has 0 radical (unpaired) electrons. The lowest BCUT2D eigenvalue weighted by Crippen LogP contribution is -2.36. The summed E-state index contributed by atoms with van der Waals surface area (Å²) in [5, 5.41) is 6.45. The first-order valence-electron chi connectivity index (χ1n) is 9.66. The van der Waals surface area contributed by atoms with Gasteiger partial charge in [-0.25, -0.2) is 5.01 Å². The number of benzene rings is 2. The van der Waals surface area contributed by atoms with Gasteiger partial charge in [-0.05, 0) is 61.3 Å². The Kier molecular flexibility index (Phi) is 5.78. The van der Waals surface area contributed by atoms with E-state index < -0.39 is 0 Å². The highest BCUT2D eigenvalue weighted by Crippen LogP contribution is 2.34. The number of rotatable bonds is 5. The molecule has 1 amide bonds. The van der Waals surface area contributed by atoms with Gasteiger partial charge in [0.05, 0.1) is 25.4 Å². The molecule has 4 rings (SSSR count). The Labute approximate surface area is 174 Å². The number of nitrogens with zero attached hydrogens (tertiary/aromatic N) is 3. The first kappa shape index (κ1) is 19.2. The number of methoxy groups -OCH3 is 1. The zero-order valence-corrected chi connectivity index (χ0v) is 17.6. The van der Waals surface area contributed by atoms with Crippen LogP contribution in [0.2, 0.25) is 0 Å². The van der Waals surface area contributed by atoms with Gasteiger partial charge in [0.25, 0.3) is 5.91 Å². The first-order valence-corrected chi connectivity index (χ1v) is 10.4. The van der Waals surface area contributed by atoms with E-state index in [2.05, 4.69) is 20.8 Å². The van der Waals surface area contributed by atoms with E-state index in [1.54, 1.807) is 12.1 Å². The van der Waals surface area contributed by atoms with E-state index in [0.717, 1.165) is 40.2 Å². The van der Waals surface area contributed by atoms with Gasteiger partial charge in [0, 0.05) is 10.9 Å². The van der Waals surface area contributed by atoms with Crippen LogP contribution in [-0.2, 0) is 4.79 Å². The molecule has 0 aliphatic carbocycles. The van der Waals surface area contributed by atoms with Crippen molar-refractivity contribution in [3.8, 4) is 5.75 Å². The molecule has 1 fully saturated rings. The van der Waals surface area contributed by atoms with Crippen molar-refractivity contribution in [2.24, 2.45) is 5.10 Å². The zero-order valence-electron chi connectivity index (χ0n) is 16.0. The van der Waals surface area contributed by atoms with Crippen LogP contribution in [0.4, 0.5) is 0 Å². The summed E-state index contributed by atoms with van der Waals surface area (Å²) in [5.74, 6) is 0.876. The number of hydrogen-bond donors (Lipinski definition) is 0. The molecular formula is C22H24BrN3O2. The molecule has 2 heterocycles. The fraction of sp³-hybridized carbons (Fsp3) is 0.364. The second-order valence-corrected chi connectivity index (χ2v) is 8.18. The smallest absolute Gasteiger partial charge is 0.257 e. The molecule has 0 saturated carbocycles. The van der Waals surface area contributed by atoms with Crippen molar-refractivity contribution in [2.75, 3.05) is 26.7 Å². The molecule has 2 aliphatic rings. The highest BCUT2D eigenvalue weighted by molar-refractivity contribution is 9.10. The fourth-order valence-electron chi connectivity index (χ4n) is 3.85. The molecule has 2 aliphatic heterocycles. The second kappa shape index (κ2) is 8.45. The zero-order chi connectivity index (χ0) is 19.5. The number of carbonyl (C=O) groups excluding carboxylic acids is 1. The molecule has 0 unspecified atom stereocenters. The van der Waals surface area contributed by atoms with Gasteiger partial charge in [-0.1, -0.05) is 40.2 Å². The minimum atomic E-state index is -0.0837. The average molecular weight is 442 g/mol. The predicted octanol–water partition coefficient (Wildman–Crippen LogP) is 4.23. The second-order valence-electron chi connectivity index (χ2n) is 7.27. The molecule has 2 aromatic rings. The molecule has 5 nitrogen and oxygen atoms in total. The molecule has 2 aromatic carbocycles. The molecule has 1 saturated heterocycles. The van der Waals surface area contributed by atoms with E-state index in [4.69, 9.17) is 9.84 Å². The van der Waals surface area contributed by atoms with Crippen LogP contribution >= 0.6 is 15.9 Å². The van der Waals surface area contributed by atoms with Crippen molar-refractivity contribution >= 4 is 27.5 Å². The highest BCUT2D eigenvalue weighted by atomic mass is 79.9. The van der Waals surface area contributed by atoms with E-state index in [9.17, 15) is 4.79 Å². The molecule has 0 spiro atoms. The van der Waals surface area contributed by atoms with E-state index in [1.807, 2.05) is 48.5 Å². The van der Waals surface area contributed by atoms with Crippen molar-refractivity contribution in [1.29, 1.82) is 0 Å². The third-order valence-electron chi connectivity index (χ3n) is 5.40. The summed E-state index contributed by atoms with van der Waals surface area (Å²) >= 11 is 3.48. The molecule has 0 aromatic heterocycles. The van der Waals surface area contributed by atoms with Crippen molar-refractivity contribution < 1.29 is 9.53 Å². The Morgan fingerprint density at radius 1 is 1.11 bits per heavy atom. The number of amides is 1. The Hall–Kier alpha value is -2.18. The maximum absolute atomic E-state index is 13.1. The number of carbonyl (C=O) groups is 1. The predicted molar refractivity (Wildman–Crippen MR) is 114 cm³/mol. The van der Waals surface area contributed by atoms with Crippen LogP contribution in [-0.4, -0.2) is 48.3 Å². The van der Waals surface area contributed by atoms with Gasteiger partial charge < -0.3 is 4.74 Å². The number of ether oxygens (including phenoxy) is 1. The molecule has 0 bridgehead atoms. The lowest BCUT2D eigenvalue weighted by molar-refractivity contribution is -0.134. The quantitative estimate of drug-likeness (QED) is 0.696. The van der Waals surface area contributed by atoms with Crippen LogP contribution in [0.25, 0.3) is 0 Å². The monoisotopic (exact) mass is 441 g/mol. The Morgan fingerprint density at radius 2 is 1.79 bits per heavy atom. The van der Waals surface area contributed by atoms with Gasteiger partial charge >= 0.3 is 0 Å². The number of hydrogen-bond acceptors (Lipinski definition) is 4. The van der Waals surface area contributed by atoms with Crippen molar-refractivity contribution in [3.05, 3.63) is 64.1 Å². The lowest BCUT2D eigenvalue weighted by atomic mass is 9.98. The normalized spacial score (nSPS) is 19.7. The summed E-state index contributed by atoms with van der Waals surface area (Å²) in [6.07, 6.45) is 3.05. The first-order chi connectivity index (χ1) is 13.6. The third-order valence-corrected chi connectivity index (χ3v) is 5.93. The molecule has 0 N–H and O–H groups in total. The van der Waals surface area contributed by atoms with Gasteiger partial charge in [-0.3, -0.25) is 9.69 Å². The molecule has 146 valence electrons. The van der Waals surface area contributed by atoms with Crippen LogP contribution in [0.1, 0.15) is 36.4 Å². The third kappa shape index (κ3) is 4.13. The minimum absolute atomic E-state index is 0.0647. The van der Waals surface area contributed by atoms with E-state index in [-0.39, 0.29) is 11.9 Å². The summed E-state index contributed by atoms with van der Waals surface area (Å²) in [5.41, 5.74) is 3.08. The van der Waals surface area contributed by atoms with Crippen LogP contribution in [0.3, 0.4) is 0 Å². The summed E-state index contributed by atoms with van der Waals surface area (Å²) in [7, 11) is 1.66. The summed E-state index contributed by atoms with van der Waals surface area (Å²) in [6, 6.07) is 16.0. The maximum atomic E-state index is 13.1. The molecular weight excluding hydrogens is 418 g/mol. The van der Waals surface area contributed by atoms with Gasteiger partial charge in [-0.2, -0.15) is 5.10 Å². The standard InChI is InChI=1S/C22H24BrN3O2/c1-28-19-10-6-17(7-11-19)21-14-20(16-4-8-18(23)9-5-16)24-26(21)22(27)15-25-12-2-3-13-25/h4-11,21H,2-3,12-15H2,1H3/t21-/m1/s1. The van der Waals surface area contributed by atoms with Gasteiger partial charge in [0.2, 0.25) is 0 Å². The largest absolute Gasteiger partial charge is 0.497 e. The van der Waals surface area contributed by atoms with Crippen LogP contribution in [0, 0.1) is 0 Å². The highest BCUT2D eigenvalue weighted by Gasteiger charge is 2.34. The SMILES string of the molecule is COc1ccc([C@H]2CC(c3ccc(Br)cc3)=NN2C(=O)CN2CCCC2)cc1. The summed E-state index contributed by atoms with van der Waals surface area (Å²) in [6.45, 7) is 2.43. The summed E-state index contributed by atoms with van der Waals surface area (Å²) in [4.78, 5) is 15.3. The summed E-state index contributed by atoms with van der Waals surface area (Å²) < 4.78 is 6.31. The Balaban J connectivity index is 1.60. The van der Waals surface area contributed by atoms with E-state index in [1.165, 1.54) is 12.8 Å². The van der Waals surface area contributed by atoms with Gasteiger partial charge in [0.1, 0.15) is 5.75 Å². The van der Waals surface area contributed by atoms with E-state index >= 15 is 0 Å². The number of hydrazone groups is 1. The maximum Gasteiger partial charge on any atom is 0.257 e. The van der Waals surface area contributed by atoms with Crippen LogP contribution in [0.5, 0.6) is 5.75 Å². The van der Waals surface area contributed by atoms with E-state index in [0.29, 0.717) is 13.0 Å². The van der Waals surface area contributed by atoms with Crippen molar-refractivity contribution in [3.63, 3.8) is 0 Å². The molecule has 1 atom stereocenters. The van der Waals surface area contributed by atoms with Crippen molar-refractivity contribution in [2.45, 2.75) is 25.3 Å². The molecule has 28 heavy (non-hydrogen) atoms. The average Bonchev–Trinajstić information content (AvgIpc) is 3.38.